The van der Waals surface area contributed by atoms with E-state index in [1.54, 1.807) is 0 Å². The van der Waals surface area contributed by atoms with Crippen molar-refractivity contribution in [2.45, 2.75) is 13.1 Å². The zero-order valence-electron chi connectivity index (χ0n) is 6.12. The molecule has 0 unspecified atom stereocenters. The Labute approximate surface area is 86.7 Å². The molecule has 0 nitrogen and oxygen atoms in total. The molecule has 0 amide bonds. The first kappa shape index (κ1) is 9.87. The molecule has 0 saturated carbocycles. The van der Waals surface area contributed by atoms with Crippen LogP contribution in [0.1, 0.15) is 0 Å². The Hall–Kier alpha value is 0.787. The third-order valence-corrected chi connectivity index (χ3v) is 7.01. The standard InChI is InChI=1S/C6H7Cl3SSi/c1-11(2)6-4(8)3(7)5(9)10-6/h11H,1-2H3. The summed E-state index contributed by atoms with van der Waals surface area (Å²) in [6, 6.07) is 0. The Morgan fingerprint density at radius 3 is 1.82 bits per heavy atom. The third-order valence-electron chi connectivity index (χ3n) is 1.31. The molecule has 1 heterocycles. The fraction of sp³-hybridized carbons (Fsp3) is 0.333. The minimum absolute atomic E-state index is 0.523. The number of halogens is 3. The van der Waals surface area contributed by atoms with Gasteiger partial charge in [-0.05, 0) is 0 Å². The van der Waals surface area contributed by atoms with E-state index in [9.17, 15) is 0 Å². The van der Waals surface area contributed by atoms with Crippen LogP contribution in [0.3, 0.4) is 0 Å². The third kappa shape index (κ3) is 1.93. The molecule has 0 spiro atoms. The zero-order chi connectivity index (χ0) is 8.59. The lowest BCUT2D eigenvalue weighted by Crippen LogP contribution is -2.19. The van der Waals surface area contributed by atoms with E-state index in [0.717, 1.165) is 0 Å². The summed E-state index contributed by atoms with van der Waals surface area (Å²) in [7, 11) is -0.858. The molecule has 0 aliphatic carbocycles. The Balaban J connectivity index is 3.19. The van der Waals surface area contributed by atoms with Gasteiger partial charge in [-0.3, -0.25) is 0 Å². The van der Waals surface area contributed by atoms with Crippen LogP contribution in [0.15, 0.2) is 0 Å². The Bertz CT molecular complexity index is 269. The molecular weight excluding hydrogens is 239 g/mol. The molecule has 5 heteroatoms. The highest BCUT2D eigenvalue weighted by Gasteiger charge is 2.15. The number of hydrogen-bond donors (Lipinski definition) is 0. The van der Waals surface area contributed by atoms with E-state index in [1.165, 1.54) is 15.8 Å². The lowest BCUT2D eigenvalue weighted by molar-refractivity contribution is 1.96. The lowest BCUT2D eigenvalue weighted by atomic mass is 10.6. The summed E-state index contributed by atoms with van der Waals surface area (Å²) >= 11 is 19.1. The van der Waals surface area contributed by atoms with Crippen LogP contribution in [0.25, 0.3) is 0 Å². The molecule has 62 valence electrons. The van der Waals surface area contributed by atoms with Gasteiger partial charge in [-0.2, -0.15) is 0 Å². The van der Waals surface area contributed by atoms with Crippen molar-refractivity contribution in [3.63, 3.8) is 0 Å². The molecular formula is C6H7Cl3SSi. The van der Waals surface area contributed by atoms with Gasteiger partial charge in [0.05, 0.1) is 18.8 Å². The number of rotatable bonds is 1. The molecule has 0 aliphatic rings. The van der Waals surface area contributed by atoms with E-state index in [2.05, 4.69) is 13.1 Å². The molecule has 0 radical (unpaired) electrons. The van der Waals surface area contributed by atoms with Crippen LogP contribution in [-0.4, -0.2) is 8.80 Å². The molecule has 0 atom stereocenters. The van der Waals surface area contributed by atoms with Crippen molar-refractivity contribution in [2.75, 3.05) is 0 Å². The summed E-state index contributed by atoms with van der Waals surface area (Å²) in [4.78, 5) is 0. The summed E-state index contributed by atoms with van der Waals surface area (Å²) in [5.74, 6) is 0. The fourth-order valence-corrected chi connectivity index (χ4v) is 5.18. The van der Waals surface area contributed by atoms with Crippen molar-refractivity contribution in [3.05, 3.63) is 14.4 Å². The van der Waals surface area contributed by atoms with Gasteiger partial charge in [-0.15, -0.1) is 11.3 Å². The van der Waals surface area contributed by atoms with Crippen molar-refractivity contribution >= 4 is 59.4 Å². The molecule has 0 fully saturated rings. The van der Waals surface area contributed by atoms with Crippen LogP contribution in [-0.2, 0) is 0 Å². The number of thiophene rings is 1. The van der Waals surface area contributed by atoms with Gasteiger partial charge in [-0.1, -0.05) is 47.9 Å². The SMILES string of the molecule is C[SiH](C)c1sc(Cl)c(Cl)c1Cl. The van der Waals surface area contributed by atoms with Crippen molar-refractivity contribution in [3.8, 4) is 0 Å². The average Bonchev–Trinajstić information content (AvgIpc) is 2.17. The van der Waals surface area contributed by atoms with E-state index < -0.39 is 8.80 Å². The first-order chi connectivity index (χ1) is 5.04. The molecule has 1 rings (SSSR count). The van der Waals surface area contributed by atoms with Crippen LogP contribution >= 0.6 is 46.1 Å². The average molecular weight is 246 g/mol. The monoisotopic (exact) mass is 244 g/mol. The second-order valence-electron chi connectivity index (χ2n) is 2.52. The molecule has 1 aromatic heterocycles. The summed E-state index contributed by atoms with van der Waals surface area (Å²) in [5.41, 5.74) is 0. The van der Waals surface area contributed by atoms with Gasteiger partial charge >= 0.3 is 0 Å². The lowest BCUT2D eigenvalue weighted by Gasteiger charge is -1.97. The molecule has 1 aromatic rings. The van der Waals surface area contributed by atoms with E-state index in [0.29, 0.717) is 14.4 Å². The molecule has 11 heavy (non-hydrogen) atoms. The summed E-state index contributed by atoms with van der Waals surface area (Å²) in [5, 5.41) is 1.19. The fourth-order valence-electron chi connectivity index (χ4n) is 0.752. The number of hydrogen-bond acceptors (Lipinski definition) is 1. The zero-order valence-corrected chi connectivity index (χ0v) is 10.4. The van der Waals surface area contributed by atoms with Crippen molar-refractivity contribution in [1.29, 1.82) is 0 Å². The van der Waals surface area contributed by atoms with E-state index in [1.807, 2.05) is 0 Å². The van der Waals surface area contributed by atoms with Crippen LogP contribution in [0, 0.1) is 0 Å². The van der Waals surface area contributed by atoms with Gasteiger partial charge in [0.15, 0.2) is 0 Å². The van der Waals surface area contributed by atoms with Crippen LogP contribution in [0.4, 0.5) is 0 Å². The highest BCUT2D eigenvalue weighted by Crippen LogP contribution is 2.34. The summed E-state index contributed by atoms with van der Waals surface area (Å²) in [6.45, 7) is 4.40. The van der Waals surface area contributed by atoms with Crippen LogP contribution < -0.4 is 4.50 Å². The second-order valence-corrected chi connectivity index (χ2v) is 8.24. The minimum atomic E-state index is -0.858. The Morgan fingerprint density at radius 1 is 1.09 bits per heavy atom. The van der Waals surface area contributed by atoms with Crippen LogP contribution in [0.2, 0.25) is 27.5 Å². The quantitative estimate of drug-likeness (QED) is 0.665. The minimum Gasteiger partial charge on any atom is -0.130 e. The maximum absolute atomic E-state index is 5.94. The predicted octanol–water partition coefficient (Wildman–Crippen LogP) is 3.40. The smallest absolute Gasteiger partial charge is 0.113 e. The topological polar surface area (TPSA) is 0 Å². The largest absolute Gasteiger partial charge is 0.130 e. The molecule has 0 aromatic carbocycles. The Morgan fingerprint density at radius 2 is 1.64 bits per heavy atom. The van der Waals surface area contributed by atoms with Gasteiger partial charge < -0.3 is 0 Å². The van der Waals surface area contributed by atoms with Gasteiger partial charge in [0.2, 0.25) is 0 Å². The normalized spacial score (nSPS) is 11.1. The van der Waals surface area contributed by atoms with Crippen molar-refractivity contribution in [1.82, 2.24) is 0 Å². The van der Waals surface area contributed by atoms with E-state index in [4.69, 9.17) is 34.8 Å². The molecule has 0 aliphatic heterocycles. The first-order valence-corrected chi connectivity index (χ1v) is 8.01. The maximum Gasteiger partial charge on any atom is 0.113 e. The molecule has 0 saturated heterocycles. The highest BCUT2D eigenvalue weighted by molar-refractivity contribution is 7.27. The van der Waals surface area contributed by atoms with E-state index in [-0.39, 0.29) is 0 Å². The molecule has 0 N–H and O–H groups in total. The van der Waals surface area contributed by atoms with Crippen LogP contribution in [0.5, 0.6) is 0 Å². The van der Waals surface area contributed by atoms with Gasteiger partial charge in [0.25, 0.3) is 0 Å². The van der Waals surface area contributed by atoms with Gasteiger partial charge in [0, 0.05) is 4.50 Å². The second kappa shape index (κ2) is 3.67. The highest BCUT2D eigenvalue weighted by atomic mass is 35.5. The maximum atomic E-state index is 5.94. The first-order valence-electron chi connectivity index (χ1n) is 3.17. The van der Waals surface area contributed by atoms with E-state index >= 15 is 0 Å². The predicted molar refractivity (Wildman–Crippen MR) is 57.9 cm³/mol. The summed E-state index contributed by atoms with van der Waals surface area (Å²) < 4.78 is 1.81. The van der Waals surface area contributed by atoms with Crippen molar-refractivity contribution in [2.24, 2.45) is 0 Å². The summed E-state index contributed by atoms with van der Waals surface area (Å²) in [6.07, 6.45) is 0. The van der Waals surface area contributed by atoms with Gasteiger partial charge in [0.1, 0.15) is 4.34 Å². The Kier molecular flexibility index (Phi) is 3.29. The molecule has 0 bridgehead atoms. The van der Waals surface area contributed by atoms with Gasteiger partial charge in [-0.25, -0.2) is 0 Å². The van der Waals surface area contributed by atoms with Crippen molar-refractivity contribution < 1.29 is 0 Å².